The van der Waals surface area contributed by atoms with Gasteiger partial charge in [0.2, 0.25) is 0 Å². The number of para-hydroxylation sites is 1. The van der Waals surface area contributed by atoms with E-state index in [0.29, 0.717) is 10.6 Å². The van der Waals surface area contributed by atoms with Gasteiger partial charge in [0.25, 0.3) is 0 Å². The molecule has 1 aromatic carbocycles. The molecule has 0 aliphatic heterocycles. The minimum absolute atomic E-state index is 0.258. The number of aromatic nitrogens is 1. The molecule has 2 aromatic heterocycles. The number of aliphatic hydroxyl groups is 1. The molecule has 0 bridgehead atoms. The molecule has 0 spiro atoms. The lowest BCUT2D eigenvalue weighted by Crippen LogP contribution is -2.49. The van der Waals surface area contributed by atoms with Crippen LogP contribution in [-0.4, -0.2) is 28.8 Å². The van der Waals surface area contributed by atoms with E-state index in [1.165, 1.54) is 0 Å². The molecular formula is C17H19BClNO3. The average Bonchev–Trinajstić information content (AvgIpc) is 2.86. The van der Waals surface area contributed by atoms with E-state index in [9.17, 15) is 5.11 Å². The second-order valence-electron chi connectivity index (χ2n) is 6.71. The molecule has 0 saturated carbocycles. The molecule has 0 saturated heterocycles. The summed E-state index contributed by atoms with van der Waals surface area (Å²) in [7, 11) is 0.258. The van der Waals surface area contributed by atoms with E-state index < -0.39 is 11.2 Å². The van der Waals surface area contributed by atoms with Crippen LogP contribution in [0.1, 0.15) is 27.7 Å². The van der Waals surface area contributed by atoms with Gasteiger partial charge in [0, 0.05) is 22.6 Å². The maximum absolute atomic E-state index is 10.2. The number of pyridine rings is 1. The number of fused-ring (bicyclic) bond motifs is 3. The van der Waals surface area contributed by atoms with Gasteiger partial charge < -0.3 is 14.2 Å². The maximum atomic E-state index is 10.2. The Labute approximate surface area is 140 Å². The highest BCUT2D eigenvalue weighted by Crippen LogP contribution is 2.31. The van der Waals surface area contributed by atoms with Crippen LogP contribution < -0.4 is 5.59 Å². The molecular weight excluding hydrogens is 312 g/mol. The Bertz CT molecular complexity index is 867. The van der Waals surface area contributed by atoms with Crippen molar-refractivity contribution < 1.29 is 14.2 Å². The summed E-state index contributed by atoms with van der Waals surface area (Å²) in [6.45, 7) is 7.16. The largest absolute Gasteiger partial charge is 0.454 e. The molecule has 0 amide bonds. The Balaban J connectivity index is 2.07. The van der Waals surface area contributed by atoms with Crippen LogP contribution in [0.25, 0.3) is 21.9 Å². The van der Waals surface area contributed by atoms with Gasteiger partial charge in [0.1, 0.15) is 10.6 Å². The molecule has 0 fully saturated rings. The van der Waals surface area contributed by atoms with Gasteiger partial charge in [0.05, 0.1) is 11.2 Å². The fourth-order valence-corrected chi connectivity index (χ4v) is 2.47. The Hall–Kier alpha value is -1.56. The van der Waals surface area contributed by atoms with E-state index in [2.05, 4.69) is 4.98 Å². The molecule has 3 rings (SSSR count). The van der Waals surface area contributed by atoms with Crippen molar-refractivity contribution >= 4 is 46.6 Å². The summed E-state index contributed by atoms with van der Waals surface area (Å²) in [5.41, 5.74) is 0.423. The van der Waals surface area contributed by atoms with Gasteiger partial charge in [-0.25, -0.2) is 0 Å². The number of hydrogen-bond acceptors (Lipinski definition) is 4. The predicted molar refractivity (Wildman–Crippen MR) is 94.8 cm³/mol. The van der Waals surface area contributed by atoms with E-state index in [0.717, 1.165) is 21.9 Å². The molecule has 0 aliphatic rings. The number of halogens is 1. The number of rotatable bonds is 4. The van der Waals surface area contributed by atoms with Crippen LogP contribution >= 0.6 is 11.6 Å². The van der Waals surface area contributed by atoms with E-state index in [4.69, 9.17) is 20.7 Å². The summed E-state index contributed by atoms with van der Waals surface area (Å²) in [6, 6.07) is 7.74. The van der Waals surface area contributed by atoms with Gasteiger partial charge in [-0.3, -0.25) is 4.98 Å². The fraction of sp³-hybridized carbons (Fsp3) is 0.353. The average molecular weight is 332 g/mol. The Morgan fingerprint density at radius 2 is 1.91 bits per heavy atom. The van der Waals surface area contributed by atoms with Gasteiger partial charge in [-0.2, -0.15) is 0 Å². The highest BCUT2D eigenvalue weighted by molar-refractivity contribution is 6.52. The zero-order valence-corrected chi connectivity index (χ0v) is 14.4. The van der Waals surface area contributed by atoms with E-state index >= 15 is 0 Å². The van der Waals surface area contributed by atoms with Gasteiger partial charge >= 0.3 is 7.48 Å². The maximum Gasteiger partial charge on any atom is 0.330 e. The fourth-order valence-electron chi connectivity index (χ4n) is 2.29. The zero-order valence-electron chi connectivity index (χ0n) is 13.7. The summed E-state index contributed by atoms with van der Waals surface area (Å²) in [5, 5.41) is 12.5. The topological polar surface area (TPSA) is 55.5 Å². The van der Waals surface area contributed by atoms with Crippen LogP contribution in [-0.2, 0) is 4.65 Å². The normalized spacial score (nSPS) is 13.0. The van der Waals surface area contributed by atoms with Crippen molar-refractivity contribution in [3.63, 3.8) is 0 Å². The van der Waals surface area contributed by atoms with Gasteiger partial charge in [-0.1, -0.05) is 29.8 Å². The standard InChI is InChI=1S/C17H19BClNO3/c1-16(2,21)17(3,4)23-18-15-13-10-7-5-6-8-12(10)22-14(13)11(19)9-20-15/h5-9,18,21H,1-4H3. The third kappa shape index (κ3) is 2.85. The lowest BCUT2D eigenvalue weighted by molar-refractivity contribution is -0.0893. The predicted octanol–water partition coefficient (Wildman–Crippen LogP) is 3.18. The number of hydrogen-bond donors (Lipinski definition) is 1. The second-order valence-corrected chi connectivity index (χ2v) is 7.12. The smallest absolute Gasteiger partial charge is 0.330 e. The van der Waals surface area contributed by atoms with Gasteiger partial charge in [0.15, 0.2) is 5.58 Å². The Kier molecular flexibility index (Phi) is 3.91. The van der Waals surface area contributed by atoms with Crippen LogP contribution in [0, 0.1) is 0 Å². The first-order valence-electron chi connectivity index (χ1n) is 7.52. The summed E-state index contributed by atoms with van der Waals surface area (Å²) < 4.78 is 11.8. The summed E-state index contributed by atoms with van der Waals surface area (Å²) in [6.07, 6.45) is 1.57. The quantitative estimate of drug-likeness (QED) is 0.746. The molecule has 0 atom stereocenters. The first-order valence-corrected chi connectivity index (χ1v) is 7.89. The Morgan fingerprint density at radius 3 is 2.61 bits per heavy atom. The van der Waals surface area contributed by atoms with Crippen LogP contribution in [0.3, 0.4) is 0 Å². The first kappa shape index (κ1) is 16.3. The van der Waals surface area contributed by atoms with Gasteiger partial charge in [-0.15, -0.1) is 0 Å². The number of furan rings is 1. The lowest BCUT2D eigenvalue weighted by Gasteiger charge is -2.37. The Morgan fingerprint density at radius 1 is 1.22 bits per heavy atom. The van der Waals surface area contributed by atoms with Crippen LogP contribution in [0.4, 0.5) is 0 Å². The SMILES string of the molecule is CC(C)(O)C(C)(C)OBc1ncc(Cl)c2oc3ccccc3c12. The van der Waals surface area contributed by atoms with Crippen LogP contribution in [0.5, 0.6) is 0 Å². The lowest BCUT2D eigenvalue weighted by atomic mass is 9.83. The zero-order chi connectivity index (χ0) is 16.8. The van der Waals surface area contributed by atoms with E-state index in [-0.39, 0.29) is 7.48 Å². The molecule has 23 heavy (non-hydrogen) atoms. The van der Waals surface area contributed by atoms with Crippen molar-refractivity contribution in [1.29, 1.82) is 0 Å². The molecule has 0 aliphatic carbocycles. The van der Waals surface area contributed by atoms with Crippen molar-refractivity contribution in [3.8, 4) is 0 Å². The van der Waals surface area contributed by atoms with E-state index in [1.54, 1.807) is 20.0 Å². The highest BCUT2D eigenvalue weighted by atomic mass is 35.5. The summed E-state index contributed by atoms with van der Waals surface area (Å²) in [5.74, 6) is 0. The molecule has 2 heterocycles. The van der Waals surface area contributed by atoms with Crippen molar-refractivity contribution in [2.24, 2.45) is 0 Å². The molecule has 3 aromatic rings. The molecule has 1 N–H and O–H groups in total. The number of benzene rings is 1. The monoisotopic (exact) mass is 331 g/mol. The van der Waals surface area contributed by atoms with Crippen molar-refractivity contribution in [2.45, 2.75) is 38.9 Å². The van der Waals surface area contributed by atoms with Crippen molar-refractivity contribution in [2.75, 3.05) is 0 Å². The third-order valence-electron chi connectivity index (χ3n) is 4.48. The number of nitrogens with zero attached hydrogens (tertiary/aromatic N) is 1. The molecule has 0 unspecified atom stereocenters. The van der Waals surface area contributed by atoms with Crippen LogP contribution in [0.15, 0.2) is 34.9 Å². The van der Waals surface area contributed by atoms with Crippen molar-refractivity contribution in [1.82, 2.24) is 4.98 Å². The van der Waals surface area contributed by atoms with Gasteiger partial charge in [-0.05, 0) is 33.8 Å². The van der Waals surface area contributed by atoms with Crippen molar-refractivity contribution in [3.05, 3.63) is 35.5 Å². The summed E-state index contributed by atoms with van der Waals surface area (Å²) in [4.78, 5) is 4.42. The molecule has 120 valence electrons. The van der Waals surface area contributed by atoms with E-state index in [1.807, 2.05) is 38.1 Å². The highest BCUT2D eigenvalue weighted by Gasteiger charge is 2.36. The second kappa shape index (κ2) is 5.51. The third-order valence-corrected chi connectivity index (χ3v) is 4.75. The molecule has 4 nitrogen and oxygen atoms in total. The minimum Gasteiger partial charge on any atom is -0.454 e. The summed E-state index contributed by atoms with van der Waals surface area (Å²) >= 11 is 6.23. The minimum atomic E-state index is -0.975. The first-order chi connectivity index (χ1) is 10.7. The van der Waals surface area contributed by atoms with Crippen LogP contribution in [0.2, 0.25) is 5.02 Å². The molecule has 6 heteroatoms. The molecule has 0 radical (unpaired) electrons.